The van der Waals surface area contributed by atoms with Gasteiger partial charge in [0.05, 0.1) is 12.1 Å². The van der Waals surface area contributed by atoms with Crippen LogP contribution < -0.4 is 10.7 Å². The molecule has 3 amide bonds. The highest BCUT2D eigenvalue weighted by Crippen LogP contribution is 2.16. The second-order valence-electron chi connectivity index (χ2n) is 11.2. The summed E-state index contributed by atoms with van der Waals surface area (Å²) in [7, 11) is 0. The zero-order chi connectivity index (χ0) is 31.4. The second-order valence-corrected chi connectivity index (χ2v) is 11.2. The molecule has 0 bridgehead atoms. The Morgan fingerprint density at radius 3 is 2.05 bits per heavy atom. The van der Waals surface area contributed by atoms with Crippen LogP contribution in [-0.2, 0) is 11.2 Å². The van der Waals surface area contributed by atoms with Crippen molar-refractivity contribution in [3.8, 4) is 0 Å². The lowest BCUT2D eigenvalue weighted by Crippen LogP contribution is -2.53. The van der Waals surface area contributed by atoms with E-state index in [2.05, 4.69) is 10.7 Å². The molecule has 0 saturated heterocycles. The summed E-state index contributed by atoms with van der Waals surface area (Å²) in [6.45, 7) is 13.0. The molecule has 2 atom stereocenters. The van der Waals surface area contributed by atoms with Crippen LogP contribution in [0.3, 0.4) is 0 Å². The number of hydrogen-bond acceptors (Lipinski definition) is 5. The van der Waals surface area contributed by atoms with Gasteiger partial charge in [0.25, 0.3) is 11.8 Å². The van der Waals surface area contributed by atoms with Gasteiger partial charge in [-0.25, -0.2) is 13.8 Å². The van der Waals surface area contributed by atoms with Crippen molar-refractivity contribution in [2.24, 2.45) is 5.92 Å². The van der Waals surface area contributed by atoms with Crippen LogP contribution in [0.2, 0.25) is 0 Å². The van der Waals surface area contributed by atoms with E-state index < -0.39 is 29.7 Å². The number of nitrogens with one attached hydrogen (secondary N) is 2. The number of aliphatic hydroxyl groups is 1. The van der Waals surface area contributed by atoms with Crippen molar-refractivity contribution >= 4 is 17.7 Å². The number of carbonyl (C=O) groups is 3. The number of carbonyl (C=O) groups excluding carboxylic acids is 3. The topological polar surface area (TPSA) is 102 Å². The van der Waals surface area contributed by atoms with E-state index in [1.54, 1.807) is 29.0 Å². The van der Waals surface area contributed by atoms with Crippen LogP contribution in [0, 0.1) is 24.5 Å². The van der Waals surface area contributed by atoms with Crippen LogP contribution in [0.4, 0.5) is 8.78 Å². The van der Waals surface area contributed by atoms with Crippen LogP contribution in [0.15, 0.2) is 36.4 Å². The number of likely N-dealkylation sites (N-methyl/N-ethyl adjacent to an activating group) is 1. The normalized spacial score (nSPS) is 12.7. The zero-order valence-corrected chi connectivity index (χ0v) is 25.7. The van der Waals surface area contributed by atoms with Gasteiger partial charge in [0.15, 0.2) is 0 Å². The Balaban J connectivity index is 2.34. The number of nitrogens with zero attached hydrogens (tertiary/aromatic N) is 2. The number of halogens is 2. The molecule has 0 aliphatic rings. The molecule has 10 heteroatoms. The van der Waals surface area contributed by atoms with E-state index in [1.165, 1.54) is 6.07 Å². The van der Waals surface area contributed by atoms with Crippen LogP contribution >= 0.6 is 0 Å². The van der Waals surface area contributed by atoms with Crippen LogP contribution in [0.25, 0.3) is 0 Å². The number of aliphatic hydroxyl groups excluding tert-OH is 1. The summed E-state index contributed by atoms with van der Waals surface area (Å²) in [5.74, 6) is -2.32. The largest absolute Gasteiger partial charge is 0.390 e. The first kappa shape index (κ1) is 34.8. The fourth-order valence-electron chi connectivity index (χ4n) is 4.79. The molecule has 8 nitrogen and oxygen atoms in total. The summed E-state index contributed by atoms with van der Waals surface area (Å²) in [5, 5.41) is 15.6. The first-order valence-electron chi connectivity index (χ1n) is 14.8. The molecule has 2 unspecified atom stereocenters. The van der Waals surface area contributed by atoms with Crippen molar-refractivity contribution in [3.63, 3.8) is 0 Å². The number of aryl methyl sites for hydroxylation is 1. The minimum absolute atomic E-state index is 0.0381. The fourth-order valence-corrected chi connectivity index (χ4v) is 4.79. The van der Waals surface area contributed by atoms with E-state index in [9.17, 15) is 28.3 Å². The highest BCUT2D eigenvalue weighted by molar-refractivity contribution is 6.00. The Kier molecular flexibility index (Phi) is 14.0. The van der Waals surface area contributed by atoms with E-state index in [-0.39, 0.29) is 41.8 Å². The van der Waals surface area contributed by atoms with Crippen LogP contribution in [0.1, 0.15) is 85.7 Å². The second kappa shape index (κ2) is 16.9. The Morgan fingerprint density at radius 1 is 0.905 bits per heavy atom. The number of amides is 3. The maximum atomic E-state index is 14.0. The summed E-state index contributed by atoms with van der Waals surface area (Å²) in [6, 6.07) is 6.99. The first-order valence-corrected chi connectivity index (χ1v) is 14.8. The molecule has 2 aromatic carbocycles. The van der Waals surface area contributed by atoms with Gasteiger partial charge in [-0.3, -0.25) is 19.8 Å². The van der Waals surface area contributed by atoms with Gasteiger partial charge in [0, 0.05) is 49.8 Å². The third-order valence-corrected chi connectivity index (χ3v) is 6.69. The van der Waals surface area contributed by atoms with E-state index in [0.29, 0.717) is 37.2 Å². The van der Waals surface area contributed by atoms with Gasteiger partial charge in [-0.15, -0.1) is 0 Å². The minimum atomic E-state index is -1.21. The number of rotatable bonds is 16. The highest BCUT2D eigenvalue weighted by Gasteiger charge is 2.26. The Hall–Kier alpha value is -3.37. The predicted molar refractivity (Wildman–Crippen MR) is 160 cm³/mol. The maximum Gasteiger partial charge on any atom is 0.253 e. The van der Waals surface area contributed by atoms with Crippen LogP contribution in [0.5, 0.6) is 0 Å². The van der Waals surface area contributed by atoms with Crippen molar-refractivity contribution in [2.45, 2.75) is 79.4 Å². The summed E-state index contributed by atoms with van der Waals surface area (Å²) in [6.07, 6.45) is 0.625. The molecule has 0 saturated carbocycles. The van der Waals surface area contributed by atoms with Gasteiger partial charge in [-0.2, -0.15) is 0 Å². The molecular weight excluding hydrogens is 542 g/mol. The number of hydrazine groups is 1. The summed E-state index contributed by atoms with van der Waals surface area (Å²) < 4.78 is 28.0. The maximum absolute atomic E-state index is 14.0. The Morgan fingerprint density at radius 2 is 1.50 bits per heavy atom. The molecule has 0 radical (unpaired) electrons. The smallest absolute Gasteiger partial charge is 0.253 e. The lowest BCUT2D eigenvalue weighted by Gasteiger charge is -2.30. The molecule has 0 aliphatic heterocycles. The third-order valence-electron chi connectivity index (χ3n) is 6.69. The van der Waals surface area contributed by atoms with Crippen molar-refractivity contribution in [3.05, 3.63) is 70.3 Å². The Bertz CT molecular complexity index is 1180. The zero-order valence-electron chi connectivity index (χ0n) is 25.7. The fraction of sp³-hybridized carbons (Fsp3) is 0.531. The van der Waals surface area contributed by atoms with Crippen molar-refractivity contribution in [1.29, 1.82) is 0 Å². The molecule has 0 aliphatic carbocycles. The van der Waals surface area contributed by atoms with E-state index in [0.717, 1.165) is 31.0 Å². The molecular formula is C32H46F2N4O4. The third kappa shape index (κ3) is 11.1. The number of hydrogen-bond donors (Lipinski definition) is 3. The molecule has 0 heterocycles. The lowest BCUT2D eigenvalue weighted by molar-refractivity contribution is -0.127. The Labute approximate surface area is 248 Å². The summed E-state index contributed by atoms with van der Waals surface area (Å²) in [4.78, 5) is 40.8. The van der Waals surface area contributed by atoms with Crippen LogP contribution in [-0.4, -0.2) is 71.1 Å². The average Bonchev–Trinajstić information content (AvgIpc) is 2.90. The quantitative estimate of drug-likeness (QED) is 0.248. The first-order chi connectivity index (χ1) is 19.9. The van der Waals surface area contributed by atoms with E-state index in [1.807, 2.05) is 34.6 Å². The molecule has 42 heavy (non-hydrogen) atoms. The van der Waals surface area contributed by atoms with Crippen molar-refractivity contribution in [2.75, 3.05) is 26.2 Å². The number of benzene rings is 2. The van der Waals surface area contributed by atoms with Crippen molar-refractivity contribution in [1.82, 2.24) is 20.7 Å². The molecule has 0 aromatic heterocycles. The van der Waals surface area contributed by atoms with Gasteiger partial charge >= 0.3 is 0 Å². The molecule has 3 N–H and O–H groups in total. The van der Waals surface area contributed by atoms with Gasteiger partial charge < -0.3 is 15.3 Å². The highest BCUT2D eigenvalue weighted by atomic mass is 19.1. The van der Waals surface area contributed by atoms with Gasteiger partial charge in [-0.1, -0.05) is 34.6 Å². The van der Waals surface area contributed by atoms with Gasteiger partial charge in [0.2, 0.25) is 5.91 Å². The molecule has 0 fully saturated rings. The van der Waals surface area contributed by atoms with Gasteiger partial charge in [-0.05, 0) is 73.6 Å². The monoisotopic (exact) mass is 588 g/mol. The molecule has 2 aromatic rings. The van der Waals surface area contributed by atoms with Gasteiger partial charge in [0.1, 0.15) is 11.6 Å². The summed E-state index contributed by atoms with van der Waals surface area (Å²) in [5.41, 5.74) is 4.35. The lowest BCUT2D eigenvalue weighted by atomic mass is 9.99. The molecule has 0 spiro atoms. The van der Waals surface area contributed by atoms with Crippen molar-refractivity contribution < 1.29 is 28.3 Å². The SMILES string of the molecule is CCCN(CCC)C(=O)c1cc(C)cc(C(=O)NC(Cc2cc(F)cc(F)c2)C(O)CN(CC)NC(=O)CC(C)C)c1. The van der Waals surface area contributed by atoms with E-state index in [4.69, 9.17) is 0 Å². The minimum Gasteiger partial charge on any atom is -0.390 e. The average molecular weight is 589 g/mol. The molecule has 232 valence electrons. The molecule has 2 rings (SSSR count). The predicted octanol–water partition coefficient (Wildman–Crippen LogP) is 4.64. The summed E-state index contributed by atoms with van der Waals surface area (Å²) >= 11 is 0. The van der Waals surface area contributed by atoms with E-state index >= 15 is 0 Å². The standard InChI is InChI=1S/C32H46F2N4O4/c1-7-10-37(11-8-2)32(42)25-14-22(6)13-24(18-25)31(41)35-28(17-23-15-26(33)19-27(34)16-23)29(39)20-38(9-3)36-30(40)12-21(4)5/h13-16,18-19,21,28-29,39H,7-12,17,20H2,1-6H3,(H,35,41)(H,36,40).